The van der Waals surface area contributed by atoms with E-state index >= 15 is 0 Å². The van der Waals surface area contributed by atoms with E-state index < -0.39 is 23.4 Å². The lowest BCUT2D eigenvalue weighted by atomic mass is 9.37. The molecule has 2 bridgehead atoms. The van der Waals surface area contributed by atoms with E-state index in [4.69, 9.17) is 0 Å². The van der Waals surface area contributed by atoms with Crippen LogP contribution in [0.2, 0.25) is 0 Å². The molecule has 7 atom stereocenters. The first-order chi connectivity index (χ1) is 20.1. The van der Waals surface area contributed by atoms with Gasteiger partial charge in [-0.3, -0.25) is 19.2 Å². The van der Waals surface area contributed by atoms with E-state index in [1.165, 1.54) is 0 Å². The van der Waals surface area contributed by atoms with E-state index in [0.29, 0.717) is 39.1 Å². The molecule has 3 amide bonds. The van der Waals surface area contributed by atoms with Gasteiger partial charge in [0, 0.05) is 38.1 Å². The number of Topliss-reactive ketones (excluding diaryl/α,β-unsaturated/α-hetero) is 1. The summed E-state index contributed by atoms with van der Waals surface area (Å²) in [5.74, 6) is -1.42. The van der Waals surface area contributed by atoms with Crippen molar-refractivity contribution < 1.29 is 19.2 Å². The summed E-state index contributed by atoms with van der Waals surface area (Å²) in [5.41, 5.74) is 0.994. The van der Waals surface area contributed by atoms with Crippen molar-refractivity contribution in [2.45, 2.75) is 92.7 Å². The molecule has 6 aliphatic rings. The van der Waals surface area contributed by atoms with Crippen LogP contribution in [-0.2, 0) is 19.2 Å². The van der Waals surface area contributed by atoms with Gasteiger partial charge in [-0.2, -0.15) is 5.26 Å². The van der Waals surface area contributed by atoms with Gasteiger partial charge < -0.3 is 20.0 Å². The molecule has 6 rings (SSSR count). The lowest BCUT2D eigenvalue weighted by Crippen LogP contribution is -2.63. The largest absolute Gasteiger partial charge is 0.367 e. The number of piperazine rings is 1. The molecule has 9 heteroatoms. The standard InChI is InChI=1S/C34H49N5O4/c1-21-16-26(39(19-21)31(43)27-22(2)17-33(6)20-34(7,28(27)40)32(33,4)5)29(41)36-23(3)30(42)38-14-12-37(13-15-38)25-11-9-8-10-24(25)18-35/h9,11,21-23,26-27H,8,10,12-17,19-20H2,1-7H3,(H,36,41)/t21?,22?,23-,26-,27?,33?,34+/m0/s1. The molecular weight excluding hydrogens is 542 g/mol. The number of nitrogens with one attached hydrogen (secondary N) is 1. The molecule has 2 heterocycles. The molecule has 5 fully saturated rings. The summed E-state index contributed by atoms with van der Waals surface area (Å²) in [6.07, 6.45) is 7.82. The third-order valence-electron chi connectivity index (χ3n) is 12.1. The Morgan fingerprint density at radius 3 is 2.40 bits per heavy atom. The smallest absolute Gasteiger partial charge is 0.244 e. The van der Waals surface area contributed by atoms with E-state index in [0.717, 1.165) is 37.0 Å². The van der Waals surface area contributed by atoms with Gasteiger partial charge in [0.25, 0.3) is 0 Å². The van der Waals surface area contributed by atoms with Crippen LogP contribution in [0.5, 0.6) is 0 Å². The first kappa shape index (κ1) is 31.3. The van der Waals surface area contributed by atoms with Gasteiger partial charge in [0.1, 0.15) is 12.1 Å². The average molecular weight is 592 g/mol. The highest BCUT2D eigenvalue weighted by Gasteiger charge is 2.71. The van der Waals surface area contributed by atoms with Crippen molar-refractivity contribution in [1.29, 1.82) is 5.26 Å². The van der Waals surface area contributed by atoms with Crippen LogP contribution in [0.1, 0.15) is 80.6 Å². The van der Waals surface area contributed by atoms with Gasteiger partial charge in [0.2, 0.25) is 17.7 Å². The normalized spacial score (nSPS) is 36.0. The van der Waals surface area contributed by atoms with Crippen LogP contribution in [0.25, 0.3) is 0 Å². The van der Waals surface area contributed by atoms with Crippen LogP contribution in [0.3, 0.4) is 0 Å². The number of allylic oxidation sites excluding steroid dienone is 3. The fraction of sp³-hybridized carbons (Fsp3) is 0.735. The van der Waals surface area contributed by atoms with Gasteiger partial charge in [0.05, 0.1) is 23.3 Å². The van der Waals surface area contributed by atoms with Crippen molar-refractivity contribution in [2.24, 2.45) is 34.0 Å². The maximum Gasteiger partial charge on any atom is 0.244 e. The van der Waals surface area contributed by atoms with Crippen LogP contribution in [0.15, 0.2) is 23.4 Å². The minimum atomic E-state index is -0.750. The van der Waals surface area contributed by atoms with Crippen LogP contribution < -0.4 is 5.32 Å². The zero-order valence-electron chi connectivity index (χ0n) is 27.0. The average Bonchev–Trinajstić information content (AvgIpc) is 3.33. The van der Waals surface area contributed by atoms with E-state index in [2.05, 4.69) is 43.1 Å². The number of nitriles is 1. The maximum absolute atomic E-state index is 14.1. The first-order valence-corrected chi connectivity index (χ1v) is 16.1. The Morgan fingerprint density at radius 2 is 1.77 bits per heavy atom. The number of amides is 3. The fourth-order valence-corrected chi connectivity index (χ4v) is 8.88. The second kappa shape index (κ2) is 11.1. The maximum atomic E-state index is 14.1. The molecule has 9 nitrogen and oxygen atoms in total. The molecule has 0 aromatic carbocycles. The van der Waals surface area contributed by atoms with Crippen molar-refractivity contribution in [2.75, 3.05) is 32.7 Å². The highest BCUT2D eigenvalue weighted by molar-refractivity contribution is 6.06. The Bertz CT molecular complexity index is 1300. The predicted molar refractivity (Wildman–Crippen MR) is 163 cm³/mol. The zero-order valence-corrected chi connectivity index (χ0v) is 27.0. The van der Waals surface area contributed by atoms with E-state index in [1.54, 1.807) is 16.7 Å². The second-order valence-electron chi connectivity index (χ2n) is 15.0. The lowest BCUT2D eigenvalue weighted by molar-refractivity contribution is -0.186. The molecular formula is C34H49N5O4. The van der Waals surface area contributed by atoms with Crippen molar-refractivity contribution in [3.63, 3.8) is 0 Å². The van der Waals surface area contributed by atoms with E-state index in [1.807, 2.05) is 26.8 Å². The molecule has 4 aliphatic carbocycles. The van der Waals surface area contributed by atoms with Crippen molar-refractivity contribution in [3.05, 3.63) is 23.4 Å². The minimum Gasteiger partial charge on any atom is -0.367 e. The highest BCUT2D eigenvalue weighted by Crippen LogP contribution is 2.73. The zero-order chi connectivity index (χ0) is 31.5. The summed E-state index contributed by atoms with van der Waals surface area (Å²) >= 11 is 0. The SMILES string of the molecule is CC1C[C@@H](C(=O)N[C@@H](C)C(=O)N2CCN(C3=C(C#N)CCC=C3)CC2)N(C(=O)C2C(=O)[C@@]3(C)CC(C)(CC2C)C3(C)C)C1. The number of likely N-dealkylation sites (tertiary alicyclic amines) is 1. The molecule has 3 saturated carbocycles. The van der Waals surface area contributed by atoms with Crippen LogP contribution in [0, 0.1) is 45.3 Å². The highest BCUT2D eigenvalue weighted by atomic mass is 16.2. The lowest BCUT2D eigenvalue weighted by Gasteiger charge is -2.65. The molecule has 0 aromatic heterocycles. The molecule has 0 aromatic rings. The fourth-order valence-electron chi connectivity index (χ4n) is 8.88. The van der Waals surface area contributed by atoms with Gasteiger partial charge in [-0.1, -0.05) is 47.6 Å². The van der Waals surface area contributed by atoms with Gasteiger partial charge in [-0.05, 0) is 67.8 Å². The monoisotopic (exact) mass is 591 g/mol. The molecule has 234 valence electrons. The van der Waals surface area contributed by atoms with E-state index in [-0.39, 0.29) is 46.2 Å². The molecule has 2 saturated heterocycles. The number of fused-ring (bicyclic) bond motifs is 3. The third kappa shape index (κ3) is 4.99. The Morgan fingerprint density at radius 1 is 1.09 bits per heavy atom. The number of hydrogen-bond donors (Lipinski definition) is 1. The molecule has 1 N–H and O–H groups in total. The molecule has 43 heavy (non-hydrogen) atoms. The topological polar surface area (TPSA) is 114 Å². The number of carbonyl (C=O) groups excluding carboxylic acids is 4. The van der Waals surface area contributed by atoms with Gasteiger partial charge >= 0.3 is 0 Å². The van der Waals surface area contributed by atoms with Crippen molar-refractivity contribution in [1.82, 2.24) is 20.0 Å². The third-order valence-corrected chi connectivity index (χ3v) is 12.1. The Hall–Kier alpha value is -3.15. The van der Waals surface area contributed by atoms with E-state index in [9.17, 15) is 24.4 Å². The first-order valence-electron chi connectivity index (χ1n) is 16.1. The quantitative estimate of drug-likeness (QED) is 0.488. The number of rotatable bonds is 5. The summed E-state index contributed by atoms with van der Waals surface area (Å²) < 4.78 is 0. The number of nitrogens with zero attached hydrogens (tertiary/aromatic N) is 4. The van der Waals surface area contributed by atoms with Gasteiger partial charge in [-0.15, -0.1) is 0 Å². The Kier molecular flexibility index (Phi) is 8.07. The molecule has 0 radical (unpaired) electrons. The summed E-state index contributed by atoms with van der Waals surface area (Å²) in [5, 5.41) is 12.4. The van der Waals surface area contributed by atoms with Gasteiger partial charge in [-0.25, -0.2) is 0 Å². The predicted octanol–water partition coefficient (Wildman–Crippen LogP) is 3.67. The minimum absolute atomic E-state index is 0.00423. The van der Waals surface area contributed by atoms with Crippen molar-refractivity contribution in [3.8, 4) is 6.07 Å². The number of hydrogen-bond acceptors (Lipinski definition) is 6. The van der Waals surface area contributed by atoms with Crippen LogP contribution >= 0.6 is 0 Å². The van der Waals surface area contributed by atoms with Gasteiger partial charge in [0.15, 0.2) is 5.78 Å². The molecule has 2 aliphatic heterocycles. The summed E-state index contributed by atoms with van der Waals surface area (Å²) in [7, 11) is 0. The summed E-state index contributed by atoms with van der Waals surface area (Å²) in [4.78, 5) is 60.7. The Balaban J connectivity index is 1.23. The van der Waals surface area contributed by atoms with Crippen LogP contribution in [0.4, 0.5) is 0 Å². The number of carbonyl (C=O) groups is 4. The second-order valence-corrected chi connectivity index (χ2v) is 15.0. The Labute approximate surface area is 256 Å². The summed E-state index contributed by atoms with van der Waals surface area (Å²) in [6.45, 7) is 17.0. The molecule has 4 unspecified atom stereocenters. The number of ketones is 1. The summed E-state index contributed by atoms with van der Waals surface area (Å²) in [6, 6.07) is 0.887. The van der Waals surface area contributed by atoms with Crippen molar-refractivity contribution >= 4 is 23.5 Å². The van der Waals surface area contributed by atoms with Crippen LogP contribution in [-0.4, -0.2) is 83.0 Å². The molecule has 0 spiro atoms.